The molecular weight excluding hydrogens is 305 g/mol. The summed E-state index contributed by atoms with van der Waals surface area (Å²) in [6.07, 6.45) is 6.16. The van der Waals surface area contributed by atoms with Gasteiger partial charge in [-0.1, -0.05) is 26.7 Å². The van der Waals surface area contributed by atoms with Gasteiger partial charge in [0.05, 0.1) is 12.0 Å². The molecule has 120 valence electrons. The molecule has 0 aliphatic carbocycles. The van der Waals surface area contributed by atoms with E-state index in [1.165, 1.54) is 0 Å². The van der Waals surface area contributed by atoms with Gasteiger partial charge in [-0.2, -0.15) is 12.6 Å². The molecule has 0 saturated heterocycles. The average molecular weight is 331 g/mol. The number of nitrogens with zero attached hydrogens (tertiary/aromatic N) is 1. The normalized spacial score (nSPS) is 11.6. The summed E-state index contributed by atoms with van der Waals surface area (Å²) >= 11 is 0. The highest BCUT2D eigenvalue weighted by Crippen LogP contribution is 2.32. The average Bonchev–Trinajstić information content (AvgIpc) is 2.49. The molecule has 21 heavy (non-hydrogen) atoms. The van der Waals surface area contributed by atoms with Gasteiger partial charge in [0, 0.05) is 0 Å². The first-order chi connectivity index (χ1) is 10.0. The lowest BCUT2D eigenvalue weighted by Crippen LogP contribution is -1.97. The second kappa shape index (κ2) is 9.26. The number of hydrogen-bond acceptors (Lipinski definition) is 3. The van der Waals surface area contributed by atoms with E-state index in [2.05, 4.69) is 18.0 Å². The predicted octanol–water partition coefficient (Wildman–Crippen LogP) is 4.38. The van der Waals surface area contributed by atoms with Crippen LogP contribution in [0.25, 0.3) is 0 Å². The molecule has 1 rings (SSSR count). The topological polar surface area (TPSA) is 55.7 Å². The highest BCUT2D eigenvalue weighted by Gasteiger charge is 2.13. The lowest BCUT2D eigenvalue weighted by atomic mass is 10.3. The summed E-state index contributed by atoms with van der Waals surface area (Å²) in [5.41, 5.74) is 0. The van der Waals surface area contributed by atoms with Crippen molar-refractivity contribution in [3.8, 4) is 5.75 Å². The van der Waals surface area contributed by atoms with Crippen LogP contribution in [0.15, 0.2) is 33.3 Å². The fraction of sp³-hybridized carbons (Fsp3) is 0.600. The van der Waals surface area contributed by atoms with Crippen molar-refractivity contribution < 1.29 is 13.2 Å². The number of sulfonamides is 1. The zero-order chi connectivity index (χ0) is 15.7. The van der Waals surface area contributed by atoms with Gasteiger partial charge in [0.15, 0.2) is 0 Å². The molecule has 0 atom stereocenters. The molecule has 0 radical (unpaired) electrons. The first kappa shape index (κ1) is 18.2. The number of benzene rings is 1. The van der Waals surface area contributed by atoms with E-state index >= 15 is 0 Å². The Morgan fingerprint density at radius 1 is 1.05 bits per heavy atom. The van der Waals surface area contributed by atoms with Gasteiger partial charge in [0.25, 0.3) is 10.0 Å². The fourth-order valence-corrected chi connectivity index (χ4v) is 6.71. The summed E-state index contributed by atoms with van der Waals surface area (Å²) in [5.74, 6) is 0.649. The standard InChI is InChI=1S/C15H26NO3PS/c1-4-6-12-20(13-7-5-2)16-21(17,18)15-10-8-14(19-3)9-11-15/h8-11,20H,4-7,12-13H2,1-3H3. The van der Waals surface area contributed by atoms with E-state index in [0.717, 1.165) is 38.0 Å². The predicted molar refractivity (Wildman–Crippen MR) is 90.5 cm³/mol. The molecular formula is C15H26NO3PS. The molecule has 0 N–H and O–H groups in total. The molecule has 0 saturated carbocycles. The van der Waals surface area contributed by atoms with E-state index in [1.54, 1.807) is 31.4 Å². The highest BCUT2D eigenvalue weighted by molar-refractivity contribution is 7.92. The van der Waals surface area contributed by atoms with Crippen LogP contribution in [0.5, 0.6) is 5.75 Å². The van der Waals surface area contributed by atoms with Gasteiger partial charge in [-0.25, -0.2) is 0 Å². The van der Waals surface area contributed by atoms with Crippen LogP contribution in [0.2, 0.25) is 0 Å². The number of unbranched alkanes of at least 4 members (excludes halogenated alkanes) is 2. The minimum absolute atomic E-state index is 0.263. The molecule has 4 nitrogen and oxygen atoms in total. The van der Waals surface area contributed by atoms with Crippen LogP contribution in [0.4, 0.5) is 0 Å². The molecule has 0 aromatic heterocycles. The maximum absolute atomic E-state index is 12.4. The van der Waals surface area contributed by atoms with E-state index in [9.17, 15) is 8.42 Å². The molecule has 0 amide bonds. The smallest absolute Gasteiger partial charge is 0.280 e. The van der Waals surface area contributed by atoms with Crippen molar-refractivity contribution in [2.75, 3.05) is 19.4 Å². The van der Waals surface area contributed by atoms with E-state index < -0.39 is 17.7 Å². The van der Waals surface area contributed by atoms with E-state index in [-0.39, 0.29) is 4.90 Å². The molecule has 0 bridgehead atoms. The van der Waals surface area contributed by atoms with Gasteiger partial charge in [-0.05, 0) is 57.1 Å². The van der Waals surface area contributed by atoms with Crippen molar-refractivity contribution in [2.45, 2.75) is 44.4 Å². The third-order valence-electron chi connectivity index (χ3n) is 3.24. The first-order valence-corrected chi connectivity index (χ1v) is 10.8. The van der Waals surface area contributed by atoms with Crippen molar-refractivity contribution in [2.24, 2.45) is 4.15 Å². The van der Waals surface area contributed by atoms with Crippen molar-refractivity contribution in [1.29, 1.82) is 0 Å². The van der Waals surface area contributed by atoms with Gasteiger partial charge in [-0.15, -0.1) is 0 Å². The van der Waals surface area contributed by atoms with Crippen LogP contribution in [0.3, 0.4) is 0 Å². The number of rotatable bonds is 9. The van der Waals surface area contributed by atoms with Gasteiger partial charge < -0.3 is 4.74 Å². The quantitative estimate of drug-likeness (QED) is 0.631. The second-order valence-corrected chi connectivity index (χ2v) is 9.30. The maximum Gasteiger partial charge on any atom is 0.280 e. The number of methoxy groups -OCH3 is 1. The largest absolute Gasteiger partial charge is 0.497 e. The Bertz CT molecular complexity index is 543. The Labute approximate surface area is 129 Å². The zero-order valence-electron chi connectivity index (χ0n) is 13.1. The van der Waals surface area contributed by atoms with Crippen molar-refractivity contribution in [3.05, 3.63) is 24.3 Å². The third kappa shape index (κ3) is 6.23. The monoisotopic (exact) mass is 331 g/mol. The molecule has 0 aliphatic rings. The SMILES string of the molecule is CCCC[PH](CCCC)=NS(=O)(=O)c1ccc(OC)cc1. The number of hydrogen-bond donors (Lipinski definition) is 0. The fourth-order valence-electron chi connectivity index (χ4n) is 1.95. The molecule has 6 heteroatoms. The molecule has 1 aromatic carbocycles. The van der Waals surface area contributed by atoms with Crippen LogP contribution < -0.4 is 4.74 Å². The van der Waals surface area contributed by atoms with Crippen LogP contribution in [-0.4, -0.2) is 27.9 Å². The highest BCUT2D eigenvalue weighted by atomic mass is 32.2. The summed E-state index contributed by atoms with van der Waals surface area (Å²) in [6, 6.07) is 6.45. The van der Waals surface area contributed by atoms with Gasteiger partial charge in [-0.3, -0.25) is 0 Å². The minimum atomic E-state index is -3.53. The van der Waals surface area contributed by atoms with E-state index in [0.29, 0.717) is 5.75 Å². The Kier molecular flexibility index (Phi) is 8.05. The lowest BCUT2D eigenvalue weighted by Gasteiger charge is -2.08. The van der Waals surface area contributed by atoms with Crippen LogP contribution in [0.1, 0.15) is 39.5 Å². The summed E-state index contributed by atoms with van der Waals surface area (Å²) in [7, 11) is -3.15. The van der Waals surface area contributed by atoms with Gasteiger partial charge >= 0.3 is 0 Å². The van der Waals surface area contributed by atoms with Crippen LogP contribution in [-0.2, 0) is 10.0 Å². The Morgan fingerprint density at radius 2 is 1.57 bits per heavy atom. The molecule has 0 unspecified atom stereocenters. The van der Waals surface area contributed by atoms with Crippen molar-refractivity contribution in [1.82, 2.24) is 0 Å². The Morgan fingerprint density at radius 3 is 2.00 bits per heavy atom. The second-order valence-electron chi connectivity index (χ2n) is 5.02. The molecule has 1 aromatic rings. The maximum atomic E-state index is 12.4. The Hall–Kier alpha value is -0.800. The van der Waals surface area contributed by atoms with E-state index in [4.69, 9.17) is 4.74 Å². The van der Waals surface area contributed by atoms with Gasteiger partial charge in [0.1, 0.15) is 5.75 Å². The lowest BCUT2D eigenvalue weighted by molar-refractivity contribution is 0.414. The molecule has 0 heterocycles. The molecule has 0 fully saturated rings. The first-order valence-electron chi connectivity index (χ1n) is 7.50. The van der Waals surface area contributed by atoms with E-state index in [1.807, 2.05) is 0 Å². The summed E-state index contributed by atoms with van der Waals surface area (Å²) < 4.78 is 34.1. The van der Waals surface area contributed by atoms with Crippen molar-refractivity contribution >= 4 is 17.7 Å². The summed E-state index contributed by atoms with van der Waals surface area (Å²) in [5, 5.41) is 0. The number of ether oxygens (including phenoxy) is 1. The van der Waals surface area contributed by atoms with Gasteiger partial charge in [0.2, 0.25) is 0 Å². The zero-order valence-corrected chi connectivity index (χ0v) is 14.9. The van der Waals surface area contributed by atoms with Crippen LogP contribution >= 0.6 is 7.71 Å². The van der Waals surface area contributed by atoms with Crippen LogP contribution in [0, 0.1) is 0 Å². The minimum Gasteiger partial charge on any atom is -0.497 e. The summed E-state index contributed by atoms with van der Waals surface area (Å²) in [6.45, 7) is 4.24. The van der Waals surface area contributed by atoms with Crippen molar-refractivity contribution in [3.63, 3.8) is 0 Å². The Balaban J connectivity index is 2.97. The summed E-state index contributed by atoms with van der Waals surface area (Å²) in [4.78, 5) is 0.263. The molecule has 0 aliphatic heterocycles. The third-order valence-corrected chi connectivity index (χ3v) is 7.97. The molecule has 0 spiro atoms.